The molecule has 2 aromatic carbocycles. The van der Waals surface area contributed by atoms with Gasteiger partial charge in [-0.05, 0) is 24.3 Å². The highest BCUT2D eigenvalue weighted by Gasteiger charge is 2.36. The first-order chi connectivity index (χ1) is 10.8. The Morgan fingerprint density at radius 3 is 2.55 bits per heavy atom. The first-order valence-corrected chi connectivity index (χ1v) is 7.07. The van der Waals surface area contributed by atoms with E-state index in [2.05, 4.69) is 0 Å². The van der Waals surface area contributed by atoms with Crippen LogP contribution in [0, 0.1) is 0 Å². The van der Waals surface area contributed by atoms with Crippen molar-refractivity contribution in [3.05, 3.63) is 59.7 Å². The summed E-state index contributed by atoms with van der Waals surface area (Å²) in [6.45, 7) is 1.11. The molecule has 5 heteroatoms. The lowest BCUT2D eigenvalue weighted by Crippen LogP contribution is -2.24. The minimum atomic E-state index is -0.536. The molecule has 2 aliphatic rings. The molecule has 0 spiro atoms. The topological polar surface area (TPSA) is 55.8 Å². The van der Waals surface area contributed by atoms with Gasteiger partial charge >= 0.3 is 5.91 Å². The first kappa shape index (κ1) is 13.2. The number of anilines is 2. The Kier molecular flexibility index (Phi) is 3.03. The molecule has 0 N–H and O–H groups in total. The second kappa shape index (κ2) is 5.05. The van der Waals surface area contributed by atoms with E-state index in [0.29, 0.717) is 30.2 Å². The van der Waals surface area contributed by atoms with Gasteiger partial charge in [-0.1, -0.05) is 24.3 Å². The zero-order valence-corrected chi connectivity index (χ0v) is 11.7. The maximum atomic E-state index is 12.3. The first-order valence-electron chi connectivity index (χ1n) is 7.07. The number of hydrogen-bond acceptors (Lipinski definition) is 4. The van der Waals surface area contributed by atoms with Gasteiger partial charge in [0.15, 0.2) is 6.29 Å². The second-order valence-corrected chi connectivity index (χ2v) is 5.16. The molecule has 1 amide bonds. The number of nitrogens with zero attached hydrogens (tertiary/aromatic N) is 1. The van der Waals surface area contributed by atoms with E-state index in [-0.39, 0.29) is 0 Å². The van der Waals surface area contributed by atoms with Crippen molar-refractivity contribution in [2.24, 2.45) is 0 Å². The molecule has 0 unspecified atom stereocenters. The summed E-state index contributed by atoms with van der Waals surface area (Å²) < 4.78 is 11.0. The monoisotopic (exact) mass is 295 g/mol. The van der Waals surface area contributed by atoms with Gasteiger partial charge < -0.3 is 9.47 Å². The molecule has 0 aromatic heterocycles. The normalized spacial score (nSPS) is 18.1. The van der Waals surface area contributed by atoms with E-state index in [4.69, 9.17) is 9.47 Å². The van der Waals surface area contributed by atoms with Crippen LogP contribution in [0.2, 0.25) is 0 Å². The summed E-state index contributed by atoms with van der Waals surface area (Å²) in [6.07, 6.45) is -0.413. The second-order valence-electron chi connectivity index (χ2n) is 5.16. The minimum Gasteiger partial charge on any atom is -0.346 e. The molecule has 0 aliphatic carbocycles. The van der Waals surface area contributed by atoms with Gasteiger partial charge in [-0.25, -0.2) is 0 Å². The molecule has 0 radical (unpaired) electrons. The standard InChI is InChI=1S/C17H13NO4/c19-15-13-6-1-2-7-14(13)18(16(15)20)12-5-3-4-11(10-12)17-21-8-9-22-17/h1-7,10,17H,8-9H2. The van der Waals surface area contributed by atoms with E-state index in [1.54, 1.807) is 24.3 Å². The lowest BCUT2D eigenvalue weighted by Gasteiger charge is -2.18. The third-order valence-corrected chi connectivity index (χ3v) is 3.81. The van der Waals surface area contributed by atoms with Gasteiger partial charge in [0, 0.05) is 11.3 Å². The number of fused-ring (bicyclic) bond motifs is 1. The smallest absolute Gasteiger partial charge is 0.304 e. The number of amides is 1. The summed E-state index contributed by atoms with van der Waals surface area (Å²) in [5.74, 6) is -1.01. The highest BCUT2D eigenvalue weighted by atomic mass is 16.7. The summed E-state index contributed by atoms with van der Waals surface area (Å²) in [7, 11) is 0. The fourth-order valence-corrected chi connectivity index (χ4v) is 2.80. The van der Waals surface area contributed by atoms with E-state index >= 15 is 0 Å². The summed E-state index contributed by atoms with van der Waals surface area (Å²) in [4.78, 5) is 25.8. The van der Waals surface area contributed by atoms with Crippen molar-refractivity contribution in [3.63, 3.8) is 0 Å². The summed E-state index contributed by atoms with van der Waals surface area (Å²) in [5.41, 5.74) is 2.52. The lowest BCUT2D eigenvalue weighted by atomic mass is 10.1. The number of benzene rings is 2. The fourth-order valence-electron chi connectivity index (χ4n) is 2.80. The highest BCUT2D eigenvalue weighted by Crippen LogP contribution is 2.36. The van der Waals surface area contributed by atoms with Crippen molar-refractivity contribution in [1.29, 1.82) is 0 Å². The van der Waals surface area contributed by atoms with Gasteiger partial charge in [-0.3, -0.25) is 14.5 Å². The fraction of sp³-hybridized carbons (Fsp3) is 0.176. The molecular weight excluding hydrogens is 282 g/mol. The largest absolute Gasteiger partial charge is 0.346 e. The summed E-state index contributed by atoms with van der Waals surface area (Å²) in [6, 6.07) is 14.3. The van der Waals surface area contributed by atoms with Crippen molar-refractivity contribution in [1.82, 2.24) is 0 Å². The molecule has 1 fully saturated rings. The van der Waals surface area contributed by atoms with Gasteiger partial charge in [0.2, 0.25) is 0 Å². The van der Waals surface area contributed by atoms with Crippen LogP contribution in [0.15, 0.2) is 48.5 Å². The Bertz CT molecular complexity index is 765. The van der Waals surface area contributed by atoms with Crippen LogP contribution in [-0.4, -0.2) is 24.9 Å². The van der Waals surface area contributed by atoms with Gasteiger partial charge in [0.25, 0.3) is 5.78 Å². The Morgan fingerprint density at radius 1 is 0.955 bits per heavy atom. The number of ketones is 1. The van der Waals surface area contributed by atoms with E-state index in [0.717, 1.165) is 5.56 Å². The van der Waals surface area contributed by atoms with Crippen molar-refractivity contribution >= 4 is 23.1 Å². The molecule has 110 valence electrons. The SMILES string of the molecule is O=C1C(=O)N(c2cccc(C3OCCO3)c2)c2ccccc21. The summed E-state index contributed by atoms with van der Waals surface area (Å²) >= 11 is 0. The number of rotatable bonds is 2. The van der Waals surface area contributed by atoms with Crippen molar-refractivity contribution in [2.75, 3.05) is 18.1 Å². The van der Waals surface area contributed by atoms with Crippen LogP contribution in [0.3, 0.4) is 0 Å². The van der Waals surface area contributed by atoms with E-state index in [9.17, 15) is 9.59 Å². The third-order valence-electron chi connectivity index (χ3n) is 3.81. The van der Waals surface area contributed by atoms with Crippen LogP contribution in [0.5, 0.6) is 0 Å². The van der Waals surface area contributed by atoms with Crippen LogP contribution in [0.4, 0.5) is 11.4 Å². The number of Topliss-reactive ketones (excluding diaryl/α,β-unsaturated/α-hetero) is 1. The number of carbonyl (C=O) groups excluding carboxylic acids is 2. The number of carbonyl (C=O) groups is 2. The average molecular weight is 295 g/mol. The van der Waals surface area contributed by atoms with E-state index in [1.807, 2.05) is 24.3 Å². The molecule has 5 nitrogen and oxygen atoms in total. The molecule has 22 heavy (non-hydrogen) atoms. The number of hydrogen-bond donors (Lipinski definition) is 0. The van der Waals surface area contributed by atoms with Crippen molar-refractivity contribution in [3.8, 4) is 0 Å². The van der Waals surface area contributed by atoms with Gasteiger partial charge in [-0.2, -0.15) is 0 Å². The minimum absolute atomic E-state index is 0.413. The van der Waals surface area contributed by atoms with Gasteiger partial charge in [-0.15, -0.1) is 0 Å². The number of para-hydroxylation sites is 1. The maximum Gasteiger partial charge on any atom is 0.304 e. The molecular formula is C17H13NO4. The van der Waals surface area contributed by atoms with E-state index in [1.165, 1.54) is 4.90 Å². The van der Waals surface area contributed by atoms with E-state index < -0.39 is 18.0 Å². The lowest BCUT2D eigenvalue weighted by molar-refractivity contribution is -0.113. The van der Waals surface area contributed by atoms with Crippen LogP contribution in [0.1, 0.15) is 22.2 Å². The van der Waals surface area contributed by atoms with Crippen LogP contribution >= 0.6 is 0 Å². The highest BCUT2D eigenvalue weighted by molar-refractivity contribution is 6.53. The molecule has 2 heterocycles. The van der Waals surface area contributed by atoms with Crippen molar-refractivity contribution in [2.45, 2.75) is 6.29 Å². The zero-order chi connectivity index (χ0) is 15.1. The third kappa shape index (κ3) is 1.94. The molecule has 0 bridgehead atoms. The van der Waals surface area contributed by atoms with Crippen LogP contribution in [0.25, 0.3) is 0 Å². The summed E-state index contributed by atoms with van der Waals surface area (Å²) in [5, 5.41) is 0. The molecule has 4 rings (SSSR count). The molecule has 1 saturated heterocycles. The van der Waals surface area contributed by atoms with Gasteiger partial charge in [0.05, 0.1) is 24.5 Å². The molecule has 0 atom stereocenters. The predicted molar refractivity (Wildman–Crippen MR) is 79.0 cm³/mol. The Balaban J connectivity index is 1.77. The molecule has 0 saturated carbocycles. The van der Waals surface area contributed by atoms with Crippen molar-refractivity contribution < 1.29 is 19.1 Å². The average Bonchev–Trinajstić information content (AvgIpc) is 3.17. The Hall–Kier alpha value is -2.50. The zero-order valence-electron chi connectivity index (χ0n) is 11.7. The maximum absolute atomic E-state index is 12.3. The quantitative estimate of drug-likeness (QED) is 0.799. The van der Waals surface area contributed by atoms with Crippen LogP contribution < -0.4 is 4.90 Å². The predicted octanol–water partition coefficient (Wildman–Crippen LogP) is 2.59. The van der Waals surface area contributed by atoms with Gasteiger partial charge in [0.1, 0.15) is 0 Å². The Labute approximate surface area is 127 Å². The molecule has 2 aromatic rings. The number of ether oxygens (including phenoxy) is 2. The van der Waals surface area contributed by atoms with Crippen LogP contribution in [-0.2, 0) is 14.3 Å². The molecule has 2 aliphatic heterocycles. The Morgan fingerprint density at radius 2 is 1.73 bits per heavy atom.